The fraction of sp³-hybridized carbons (Fsp3) is 0.188. The number of nitro groups is 1. The zero-order valence-electron chi connectivity index (χ0n) is 13.6. The molecule has 0 atom stereocenters. The molecule has 0 saturated carbocycles. The lowest BCUT2D eigenvalue weighted by Gasteiger charge is -2.12. The highest BCUT2D eigenvalue weighted by Crippen LogP contribution is 2.22. The predicted octanol–water partition coefficient (Wildman–Crippen LogP) is 2.36. The number of nitro benzene ring substituents is 1. The fourth-order valence-corrected chi connectivity index (χ4v) is 3.02. The van der Waals surface area contributed by atoms with Gasteiger partial charge in [0.2, 0.25) is 5.91 Å². The van der Waals surface area contributed by atoms with Crippen LogP contribution in [-0.2, 0) is 14.6 Å². The van der Waals surface area contributed by atoms with Crippen LogP contribution in [0, 0.1) is 17.0 Å². The molecule has 0 heterocycles. The van der Waals surface area contributed by atoms with Crippen LogP contribution in [0.25, 0.3) is 0 Å². The van der Waals surface area contributed by atoms with E-state index in [0.29, 0.717) is 5.69 Å². The van der Waals surface area contributed by atoms with E-state index in [4.69, 9.17) is 0 Å². The first kappa shape index (κ1) is 18.4. The molecular formula is C16H17N3O5S. The summed E-state index contributed by atoms with van der Waals surface area (Å²) >= 11 is 0. The summed E-state index contributed by atoms with van der Waals surface area (Å²) < 4.78 is 23.5. The maximum Gasteiger partial charge on any atom is 0.271 e. The van der Waals surface area contributed by atoms with Gasteiger partial charge in [0.15, 0.2) is 9.84 Å². The van der Waals surface area contributed by atoms with Gasteiger partial charge in [0.25, 0.3) is 5.69 Å². The van der Waals surface area contributed by atoms with Crippen LogP contribution < -0.4 is 10.6 Å². The number of para-hydroxylation sites is 1. The van der Waals surface area contributed by atoms with E-state index in [1.807, 2.05) is 0 Å². The molecule has 0 fully saturated rings. The lowest BCUT2D eigenvalue weighted by Crippen LogP contribution is -2.23. The lowest BCUT2D eigenvalue weighted by atomic mass is 10.2. The van der Waals surface area contributed by atoms with E-state index >= 15 is 0 Å². The van der Waals surface area contributed by atoms with Crippen molar-refractivity contribution in [3.8, 4) is 0 Å². The van der Waals surface area contributed by atoms with Crippen molar-refractivity contribution >= 4 is 32.8 Å². The standard InChI is InChI=1S/C16H17N3O5S/c1-11-7-8-12(19(21)22)9-14(11)17-10-16(20)18-13-5-3-4-6-15(13)25(2,23)24/h3-9,17H,10H2,1-2H3,(H,18,20). The van der Waals surface area contributed by atoms with Crippen LogP contribution in [0.15, 0.2) is 47.4 Å². The Morgan fingerprint density at radius 2 is 1.84 bits per heavy atom. The number of sulfone groups is 1. The molecule has 0 saturated heterocycles. The Kier molecular flexibility index (Phi) is 5.38. The van der Waals surface area contributed by atoms with E-state index in [2.05, 4.69) is 10.6 Å². The third-order valence-electron chi connectivity index (χ3n) is 3.43. The van der Waals surface area contributed by atoms with Crippen molar-refractivity contribution in [2.45, 2.75) is 11.8 Å². The van der Waals surface area contributed by atoms with Crippen LogP contribution >= 0.6 is 0 Å². The Balaban J connectivity index is 2.10. The molecule has 2 aromatic carbocycles. The van der Waals surface area contributed by atoms with Crippen molar-refractivity contribution in [3.63, 3.8) is 0 Å². The van der Waals surface area contributed by atoms with Crippen LogP contribution in [0.1, 0.15) is 5.56 Å². The Morgan fingerprint density at radius 3 is 2.48 bits per heavy atom. The third kappa shape index (κ3) is 4.77. The molecule has 1 amide bonds. The molecule has 0 radical (unpaired) electrons. The molecule has 0 spiro atoms. The van der Waals surface area contributed by atoms with Gasteiger partial charge in [0.05, 0.1) is 22.1 Å². The Labute approximate surface area is 144 Å². The highest BCUT2D eigenvalue weighted by molar-refractivity contribution is 7.90. The van der Waals surface area contributed by atoms with Gasteiger partial charge in [-0.3, -0.25) is 14.9 Å². The van der Waals surface area contributed by atoms with Gasteiger partial charge in [-0.25, -0.2) is 8.42 Å². The van der Waals surface area contributed by atoms with Gasteiger partial charge < -0.3 is 10.6 Å². The predicted molar refractivity (Wildman–Crippen MR) is 94.5 cm³/mol. The first-order valence-electron chi connectivity index (χ1n) is 7.26. The molecule has 0 bridgehead atoms. The smallest absolute Gasteiger partial charge is 0.271 e. The largest absolute Gasteiger partial charge is 0.376 e. The Hall–Kier alpha value is -2.94. The Morgan fingerprint density at radius 1 is 1.16 bits per heavy atom. The number of carbonyl (C=O) groups excluding carboxylic acids is 1. The lowest BCUT2D eigenvalue weighted by molar-refractivity contribution is -0.384. The Bertz CT molecular complexity index is 925. The number of aryl methyl sites for hydroxylation is 1. The maximum atomic E-state index is 12.1. The van der Waals surface area contributed by atoms with Crippen molar-refractivity contribution in [1.29, 1.82) is 0 Å². The van der Waals surface area contributed by atoms with Gasteiger partial charge in [-0.15, -0.1) is 0 Å². The highest BCUT2D eigenvalue weighted by Gasteiger charge is 2.15. The van der Waals surface area contributed by atoms with Gasteiger partial charge in [-0.05, 0) is 24.6 Å². The normalized spacial score (nSPS) is 11.0. The molecule has 0 aliphatic carbocycles. The number of amides is 1. The van der Waals surface area contributed by atoms with Crippen LogP contribution in [-0.4, -0.2) is 32.0 Å². The van der Waals surface area contributed by atoms with Gasteiger partial charge in [0.1, 0.15) is 0 Å². The summed E-state index contributed by atoms with van der Waals surface area (Å²) in [6.45, 7) is 1.59. The van der Waals surface area contributed by atoms with Crippen molar-refractivity contribution in [2.24, 2.45) is 0 Å². The quantitative estimate of drug-likeness (QED) is 0.601. The summed E-state index contributed by atoms with van der Waals surface area (Å²) in [5.74, 6) is -0.470. The molecule has 2 N–H and O–H groups in total. The zero-order chi connectivity index (χ0) is 18.6. The summed E-state index contributed by atoms with van der Waals surface area (Å²) in [6.07, 6.45) is 1.06. The van der Waals surface area contributed by atoms with Crippen LogP contribution in [0.2, 0.25) is 0 Å². The maximum absolute atomic E-state index is 12.1. The number of anilines is 2. The number of benzene rings is 2. The number of carbonyl (C=O) groups is 1. The first-order valence-corrected chi connectivity index (χ1v) is 9.15. The monoisotopic (exact) mass is 363 g/mol. The molecule has 25 heavy (non-hydrogen) atoms. The average molecular weight is 363 g/mol. The molecule has 0 unspecified atom stereocenters. The number of rotatable bonds is 6. The topological polar surface area (TPSA) is 118 Å². The molecule has 0 aliphatic heterocycles. The first-order chi connectivity index (χ1) is 11.7. The fourth-order valence-electron chi connectivity index (χ4n) is 2.18. The van der Waals surface area contributed by atoms with Crippen LogP contribution in [0.3, 0.4) is 0 Å². The highest BCUT2D eigenvalue weighted by atomic mass is 32.2. The number of hydrogen-bond acceptors (Lipinski definition) is 6. The van der Waals surface area contributed by atoms with Gasteiger partial charge in [0, 0.05) is 24.1 Å². The van der Waals surface area contributed by atoms with E-state index < -0.39 is 20.7 Å². The van der Waals surface area contributed by atoms with Gasteiger partial charge in [-0.2, -0.15) is 0 Å². The van der Waals surface area contributed by atoms with Crippen molar-refractivity contribution in [3.05, 3.63) is 58.1 Å². The van der Waals surface area contributed by atoms with Crippen molar-refractivity contribution in [2.75, 3.05) is 23.4 Å². The van der Waals surface area contributed by atoms with E-state index in [9.17, 15) is 23.3 Å². The zero-order valence-corrected chi connectivity index (χ0v) is 14.5. The van der Waals surface area contributed by atoms with E-state index in [1.165, 1.54) is 24.3 Å². The van der Waals surface area contributed by atoms with Crippen molar-refractivity contribution < 1.29 is 18.1 Å². The molecule has 2 aromatic rings. The average Bonchev–Trinajstić information content (AvgIpc) is 2.53. The summed E-state index contributed by atoms with van der Waals surface area (Å²) in [7, 11) is -3.48. The van der Waals surface area contributed by atoms with Crippen LogP contribution in [0.5, 0.6) is 0 Å². The second kappa shape index (κ2) is 7.31. The van der Waals surface area contributed by atoms with E-state index in [0.717, 1.165) is 11.8 Å². The minimum absolute atomic E-state index is 0.0230. The minimum atomic E-state index is -3.48. The second-order valence-corrected chi connectivity index (χ2v) is 7.41. The summed E-state index contributed by atoms with van der Waals surface area (Å²) in [5, 5.41) is 16.2. The molecule has 9 heteroatoms. The summed E-state index contributed by atoms with van der Waals surface area (Å²) in [6, 6.07) is 10.4. The van der Waals surface area contributed by atoms with Gasteiger partial charge in [-0.1, -0.05) is 18.2 Å². The molecular weight excluding hydrogens is 346 g/mol. The number of nitrogens with zero attached hydrogens (tertiary/aromatic N) is 1. The van der Waals surface area contributed by atoms with E-state index in [1.54, 1.807) is 25.1 Å². The molecule has 0 aromatic heterocycles. The number of non-ortho nitro benzene ring substituents is 1. The van der Waals surface area contributed by atoms with Crippen LogP contribution in [0.4, 0.5) is 17.1 Å². The van der Waals surface area contributed by atoms with Crippen molar-refractivity contribution in [1.82, 2.24) is 0 Å². The molecule has 8 nitrogen and oxygen atoms in total. The third-order valence-corrected chi connectivity index (χ3v) is 4.59. The molecule has 0 aliphatic rings. The molecule has 132 valence electrons. The summed E-state index contributed by atoms with van der Waals surface area (Å²) in [4.78, 5) is 22.4. The number of hydrogen-bond donors (Lipinski definition) is 2. The number of nitrogens with one attached hydrogen (secondary N) is 2. The summed E-state index contributed by atoms with van der Waals surface area (Å²) in [5.41, 5.74) is 1.30. The minimum Gasteiger partial charge on any atom is -0.376 e. The van der Waals surface area contributed by atoms with Gasteiger partial charge >= 0.3 is 0 Å². The van der Waals surface area contributed by atoms with E-state index in [-0.39, 0.29) is 22.8 Å². The SMILES string of the molecule is Cc1ccc([N+](=O)[O-])cc1NCC(=O)Nc1ccccc1S(C)(=O)=O. The second-order valence-electron chi connectivity index (χ2n) is 5.43. The molecule has 2 rings (SSSR count).